The van der Waals surface area contributed by atoms with Gasteiger partial charge in [0.05, 0.1) is 25.0 Å². The molecular weight excluding hydrogens is 477 g/mol. The van der Waals surface area contributed by atoms with Gasteiger partial charge in [-0.1, -0.05) is 30.3 Å². The number of hydrogen-bond acceptors (Lipinski definition) is 3. The van der Waals surface area contributed by atoms with E-state index in [9.17, 15) is 0 Å². The lowest BCUT2D eigenvalue weighted by Gasteiger charge is -2.11. The molecule has 7 heteroatoms. The van der Waals surface area contributed by atoms with Gasteiger partial charge in [0.15, 0.2) is 5.96 Å². The smallest absolute Gasteiger partial charge is 0.191 e. The Balaban J connectivity index is 0.00000300. The molecule has 0 aliphatic carbocycles. The third kappa shape index (κ3) is 7.08. The first-order valence-electron chi connectivity index (χ1n) is 9.53. The number of halogens is 1. The molecule has 2 N–H and O–H groups in total. The molecule has 0 radical (unpaired) electrons. The van der Waals surface area contributed by atoms with Gasteiger partial charge in [0.1, 0.15) is 5.75 Å². The number of guanidine groups is 1. The maximum absolute atomic E-state index is 5.20. The van der Waals surface area contributed by atoms with E-state index in [1.165, 1.54) is 5.56 Å². The van der Waals surface area contributed by atoms with Crippen molar-refractivity contribution < 1.29 is 4.74 Å². The van der Waals surface area contributed by atoms with Crippen LogP contribution in [0.15, 0.2) is 71.9 Å². The maximum Gasteiger partial charge on any atom is 0.191 e. The molecule has 0 unspecified atom stereocenters. The van der Waals surface area contributed by atoms with Crippen LogP contribution in [0.1, 0.15) is 18.2 Å². The largest absolute Gasteiger partial charge is 0.497 e. The number of methoxy groups -OCH3 is 1. The molecule has 6 nitrogen and oxygen atoms in total. The van der Waals surface area contributed by atoms with Crippen molar-refractivity contribution in [3.05, 3.63) is 78.1 Å². The molecule has 154 valence electrons. The summed E-state index contributed by atoms with van der Waals surface area (Å²) in [5.74, 6) is 1.63. The highest BCUT2D eigenvalue weighted by molar-refractivity contribution is 14.0. The number of aromatic nitrogens is 2. The summed E-state index contributed by atoms with van der Waals surface area (Å²) in [6.45, 7) is 4.23. The van der Waals surface area contributed by atoms with E-state index in [2.05, 4.69) is 51.9 Å². The Labute approximate surface area is 189 Å². The van der Waals surface area contributed by atoms with Crippen molar-refractivity contribution in [3.63, 3.8) is 0 Å². The second kappa shape index (κ2) is 12.1. The third-order valence-electron chi connectivity index (χ3n) is 4.27. The Bertz CT molecular complexity index is 878. The van der Waals surface area contributed by atoms with Crippen molar-refractivity contribution in [1.82, 2.24) is 20.4 Å². The normalized spacial score (nSPS) is 10.9. The lowest BCUT2D eigenvalue weighted by molar-refractivity contribution is 0.414. The van der Waals surface area contributed by atoms with Crippen LogP contribution < -0.4 is 15.4 Å². The van der Waals surface area contributed by atoms with Gasteiger partial charge in [0.25, 0.3) is 0 Å². The molecule has 0 aliphatic rings. The van der Waals surface area contributed by atoms with Crippen LogP contribution in [0.3, 0.4) is 0 Å². The van der Waals surface area contributed by atoms with Gasteiger partial charge in [-0.3, -0.25) is 0 Å². The number of nitrogens with zero attached hydrogens (tertiary/aromatic N) is 3. The molecule has 0 saturated carbocycles. The van der Waals surface area contributed by atoms with Crippen LogP contribution in [0.5, 0.6) is 5.75 Å². The third-order valence-corrected chi connectivity index (χ3v) is 4.27. The van der Waals surface area contributed by atoms with E-state index in [0.29, 0.717) is 6.54 Å². The number of benzene rings is 2. The minimum atomic E-state index is 0. The van der Waals surface area contributed by atoms with E-state index in [1.807, 2.05) is 47.3 Å². The molecule has 0 bridgehead atoms. The molecule has 2 aromatic carbocycles. The van der Waals surface area contributed by atoms with Crippen LogP contribution in [0, 0.1) is 0 Å². The van der Waals surface area contributed by atoms with Crippen molar-refractivity contribution >= 4 is 29.9 Å². The van der Waals surface area contributed by atoms with E-state index in [-0.39, 0.29) is 24.0 Å². The Morgan fingerprint density at radius 1 is 1.03 bits per heavy atom. The Kier molecular flexibility index (Phi) is 9.49. The summed E-state index contributed by atoms with van der Waals surface area (Å²) < 4.78 is 7.04. The van der Waals surface area contributed by atoms with Gasteiger partial charge >= 0.3 is 0 Å². The van der Waals surface area contributed by atoms with Gasteiger partial charge in [0.2, 0.25) is 0 Å². The van der Waals surface area contributed by atoms with Crippen LogP contribution in [0.2, 0.25) is 0 Å². The fraction of sp³-hybridized carbons (Fsp3) is 0.273. The standard InChI is InChI=1S/C22H27N5O.HI/c1-3-23-22(24-15-13-18-7-5-4-6-8-18)25-17-19-14-16-27(26-19)20-9-11-21(28-2)12-10-20;/h4-12,14,16H,3,13,15,17H2,1-2H3,(H2,23,24,25);1H. The zero-order chi connectivity index (χ0) is 19.6. The predicted octanol–water partition coefficient (Wildman–Crippen LogP) is 3.80. The molecule has 3 aromatic rings. The SMILES string of the molecule is CCNC(=NCc1ccn(-c2ccc(OC)cc2)n1)NCCc1ccccc1.I. The maximum atomic E-state index is 5.20. The molecule has 0 atom stereocenters. The Morgan fingerprint density at radius 3 is 2.48 bits per heavy atom. The zero-order valence-electron chi connectivity index (χ0n) is 16.8. The zero-order valence-corrected chi connectivity index (χ0v) is 19.2. The molecule has 1 aromatic heterocycles. The van der Waals surface area contributed by atoms with Gasteiger partial charge in [0, 0.05) is 19.3 Å². The lowest BCUT2D eigenvalue weighted by Crippen LogP contribution is -2.38. The van der Waals surface area contributed by atoms with Crippen LogP contribution >= 0.6 is 24.0 Å². The average molecular weight is 505 g/mol. The summed E-state index contributed by atoms with van der Waals surface area (Å²) in [5, 5.41) is 11.3. The fourth-order valence-electron chi connectivity index (χ4n) is 2.80. The summed E-state index contributed by atoms with van der Waals surface area (Å²) in [6, 6.07) is 20.2. The van der Waals surface area contributed by atoms with E-state index >= 15 is 0 Å². The first kappa shape index (κ1) is 22.7. The monoisotopic (exact) mass is 505 g/mol. The first-order valence-corrected chi connectivity index (χ1v) is 9.53. The Hall–Kier alpha value is -2.55. The molecule has 3 rings (SSSR count). The van der Waals surface area contributed by atoms with E-state index in [4.69, 9.17) is 4.74 Å². The van der Waals surface area contributed by atoms with Gasteiger partial charge in [-0.2, -0.15) is 5.10 Å². The lowest BCUT2D eigenvalue weighted by atomic mass is 10.1. The van der Waals surface area contributed by atoms with Crippen molar-refractivity contribution in [2.45, 2.75) is 19.9 Å². The molecule has 0 fully saturated rings. The quantitative estimate of drug-likeness (QED) is 0.278. The highest BCUT2D eigenvalue weighted by atomic mass is 127. The van der Waals surface area contributed by atoms with Crippen LogP contribution in [-0.2, 0) is 13.0 Å². The summed E-state index contributed by atoms with van der Waals surface area (Å²) >= 11 is 0. The number of rotatable bonds is 8. The minimum absolute atomic E-state index is 0. The molecule has 29 heavy (non-hydrogen) atoms. The topological polar surface area (TPSA) is 63.5 Å². The van der Waals surface area contributed by atoms with Gasteiger partial charge in [-0.05, 0) is 49.2 Å². The second-order valence-corrected chi connectivity index (χ2v) is 6.31. The van der Waals surface area contributed by atoms with E-state index in [1.54, 1.807) is 7.11 Å². The van der Waals surface area contributed by atoms with Gasteiger partial charge in [-0.25, -0.2) is 9.67 Å². The van der Waals surface area contributed by atoms with Crippen molar-refractivity contribution in [2.24, 2.45) is 4.99 Å². The van der Waals surface area contributed by atoms with E-state index < -0.39 is 0 Å². The van der Waals surface area contributed by atoms with E-state index in [0.717, 1.165) is 42.6 Å². The summed E-state index contributed by atoms with van der Waals surface area (Å²) in [6.07, 6.45) is 2.90. The van der Waals surface area contributed by atoms with Crippen molar-refractivity contribution in [1.29, 1.82) is 0 Å². The van der Waals surface area contributed by atoms with Crippen LogP contribution in [-0.4, -0.2) is 35.9 Å². The Morgan fingerprint density at radius 2 is 1.79 bits per heavy atom. The van der Waals surface area contributed by atoms with Crippen molar-refractivity contribution in [2.75, 3.05) is 20.2 Å². The predicted molar refractivity (Wildman–Crippen MR) is 128 cm³/mol. The number of nitrogens with one attached hydrogen (secondary N) is 2. The summed E-state index contributed by atoms with van der Waals surface area (Å²) in [4.78, 5) is 4.65. The minimum Gasteiger partial charge on any atom is -0.497 e. The number of aliphatic imine (C=N–C) groups is 1. The second-order valence-electron chi connectivity index (χ2n) is 6.31. The summed E-state index contributed by atoms with van der Waals surface area (Å²) in [7, 11) is 1.66. The molecule has 0 aliphatic heterocycles. The summed E-state index contributed by atoms with van der Waals surface area (Å²) in [5.41, 5.74) is 3.21. The van der Waals surface area contributed by atoms with Gasteiger partial charge < -0.3 is 15.4 Å². The van der Waals surface area contributed by atoms with Crippen molar-refractivity contribution in [3.8, 4) is 11.4 Å². The number of hydrogen-bond donors (Lipinski definition) is 2. The first-order chi connectivity index (χ1) is 13.8. The molecule has 0 saturated heterocycles. The molecule has 1 heterocycles. The average Bonchev–Trinajstić information content (AvgIpc) is 3.22. The van der Waals surface area contributed by atoms with Crippen LogP contribution in [0.25, 0.3) is 5.69 Å². The fourth-order valence-corrected chi connectivity index (χ4v) is 2.80. The molecule has 0 amide bonds. The highest BCUT2D eigenvalue weighted by Crippen LogP contribution is 2.14. The number of ether oxygens (including phenoxy) is 1. The highest BCUT2D eigenvalue weighted by Gasteiger charge is 2.03. The van der Waals surface area contributed by atoms with Gasteiger partial charge in [-0.15, -0.1) is 24.0 Å². The molecule has 0 spiro atoms. The molecular formula is C22H28IN5O. The van der Waals surface area contributed by atoms with Crippen LogP contribution in [0.4, 0.5) is 0 Å².